The van der Waals surface area contributed by atoms with Gasteiger partial charge in [-0.2, -0.15) is 0 Å². The van der Waals surface area contributed by atoms with Crippen molar-refractivity contribution in [3.8, 4) is 5.75 Å². The van der Waals surface area contributed by atoms with Crippen LogP contribution in [0.2, 0.25) is 0 Å². The lowest BCUT2D eigenvalue weighted by atomic mass is 10.1. The minimum Gasteiger partial charge on any atom is -0.506 e. The molecule has 0 saturated carbocycles. The van der Waals surface area contributed by atoms with Crippen LogP contribution in [0.15, 0.2) is 18.2 Å². The average molecular weight is 307 g/mol. The number of anilines is 1. The first-order valence-corrected chi connectivity index (χ1v) is 6.87. The largest absolute Gasteiger partial charge is 0.506 e. The van der Waals surface area contributed by atoms with E-state index in [1.807, 2.05) is 13.8 Å². The van der Waals surface area contributed by atoms with Crippen molar-refractivity contribution in [1.29, 1.82) is 0 Å². The molecule has 0 atom stereocenters. The first kappa shape index (κ1) is 14.9. The highest BCUT2D eigenvalue weighted by atomic mass is 32.1. The van der Waals surface area contributed by atoms with Gasteiger partial charge in [0.25, 0.3) is 5.91 Å². The van der Waals surface area contributed by atoms with Gasteiger partial charge >= 0.3 is 5.97 Å². The minimum atomic E-state index is -1.15. The second kappa shape index (κ2) is 5.88. The molecule has 0 fully saturated rings. The zero-order valence-electron chi connectivity index (χ0n) is 11.3. The van der Waals surface area contributed by atoms with Crippen LogP contribution in [0.5, 0.6) is 5.75 Å². The van der Waals surface area contributed by atoms with Gasteiger partial charge in [-0.15, -0.1) is 5.10 Å². The van der Waals surface area contributed by atoms with Gasteiger partial charge in [0.2, 0.25) is 0 Å². The average Bonchev–Trinajstić information content (AvgIpc) is 2.90. The molecule has 1 aromatic heterocycles. The van der Waals surface area contributed by atoms with E-state index >= 15 is 0 Å². The summed E-state index contributed by atoms with van der Waals surface area (Å²) in [4.78, 5) is 23.4. The highest BCUT2D eigenvalue weighted by Crippen LogP contribution is 2.26. The molecule has 0 aliphatic heterocycles. The molecule has 0 spiro atoms. The number of benzene rings is 1. The Hall–Kier alpha value is -2.48. The van der Waals surface area contributed by atoms with E-state index in [0.29, 0.717) is 10.6 Å². The van der Waals surface area contributed by atoms with Gasteiger partial charge in [0.05, 0.1) is 16.9 Å². The van der Waals surface area contributed by atoms with Crippen LogP contribution in [0.4, 0.5) is 5.69 Å². The van der Waals surface area contributed by atoms with Crippen molar-refractivity contribution in [2.24, 2.45) is 0 Å². The summed E-state index contributed by atoms with van der Waals surface area (Å²) in [6, 6.07) is 3.66. The summed E-state index contributed by atoms with van der Waals surface area (Å²) in [6.07, 6.45) is 0. The van der Waals surface area contributed by atoms with Gasteiger partial charge in [0.1, 0.15) is 10.6 Å². The van der Waals surface area contributed by atoms with Crippen LogP contribution < -0.4 is 5.32 Å². The van der Waals surface area contributed by atoms with E-state index in [4.69, 9.17) is 5.11 Å². The fraction of sp³-hybridized carbons (Fsp3) is 0.231. The number of nitrogens with zero attached hydrogens (tertiary/aromatic N) is 2. The first-order valence-electron chi connectivity index (χ1n) is 6.10. The molecule has 0 aliphatic carbocycles. The summed E-state index contributed by atoms with van der Waals surface area (Å²) in [6.45, 7) is 3.77. The second-order valence-corrected chi connectivity index (χ2v) is 5.39. The molecule has 110 valence electrons. The molecule has 1 amide bonds. The van der Waals surface area contributed by atoms with Crippen molar-refractivity contribution in [3.05, 3.63) is 34.3 Å². The quantitative estimate of drug-likeness (QED) is 0.747. The maximum Gasteiger partial charge on any atom is 0.335 e. The zero-order chi connectivity index (χ0) is 15.6. The summed E-state index contributed by atoms with van der Waals surface area (Å²) in [5.74, 6) is -1.81. The predicted molar refractivity (Wildman–Crippen MR) is 77.0 cm³/mol. The third-order valence-corrected chi connectivity index (χ3v) is 3.50. The standard InChI is InChI=1S/C13H13N3O4S/c1-6(2)10-11(21-16-15-10)12(18)14-8-5-7(13(19)20)3-4-9(8)17/h3-6,17H,1-2H3,(H,14,18)(H,19,20). The maximum atomic E-state index is 12.2. The number of rotatable bonds is 4. The fourth-order valence-corrected chi connectivity index (χ4v) is 2.40. The molecule has 1 heterocycles. The Labute approximate surface area is 124 Å². The van der Waals surface area contributed by atoms with E-state index in [1.165, 1.54) is 18.2 Å². The molecule has 0 bridgehead atoms. The smallest absolute Gasteiger partial charge is 0.335 e. The number of carbonyl (C=O) groups excluding carboxylic acids is 1. The summed E-state index contributed by atoms with van der Waals surface area (Å²) < 4.78 is 3.75. The van der Waals surface area contributed by atoms with Gasteiger partial charge in [-0.1, -0.05) is 18.3 Å². The summed E-state index contributed by atoms with van der Waals surface area (Å²) in [5.41, 5.74) is 0.559. The fourth-order valence-electron chi connectivity index (χ4n) is 1.68. The zero-order valence-corrected chi connectivity index (χ0v) is 12.1. The van der Waals surface area contributed by atoms with E-state index in [1.54, 1.807) is 0 Å². The number of nitrogens with one attached hydrogen (secondary N) is 1. The van der Waals surface area contributed by atoms with E-state index in [9.17, 15) is 14.7 Å². The number of hydrogen-bond acceptors (Lipinski definition) is 6. The van der Waals surface area contributed by atoms with Crippen LogP contribution in [0.1, 0.15) is 45.5 Å². The number of aromatic nitrogens is 2. The number of aromatic carboxylic acids is 1. The van der Waals surface area contributed by atoms with E-state index < -0.39 is 11.9 Å². The Bertz CT molecular complexity index is 696. The Kier molecular flexibility index (Phi) is 4.18. The Morgan fingerprint density at radius 1 is 1.33 bits per heavy atom. The Morgan fingerprint density at radius 2 is 2.05 bits per heavy atom. The number of carbonyl (C=O) groups is 2. The van der Waals surface area contributed by atoms with Crippen LogP contribution in [0, 0.1) is 0 Å². The van der Waals surface area contributed by atoms with Gasteiger partial charge in [0, 0.05) is 0 Å². The highest BCUT2D eigenvalue weighted by Gasteiger charge is 2.20. The van der Waals surface area contributed by atoms with Crippen LogP contribution in [0.25, 0.3) is 0 Å². The van der Waals surface area contributed by atoms with Crippen LogP contribution in [-0.2, 0) is 0 Å². The van der Waals surface area contributed by atoms with E-state index in [0.717, 1.165) is 11.5 Å². The van der Waals surface area contributed by atoms with Crippen molar-refractivity contribution >= 4 is 29.1 Å². The molecule has 7 nitrogen and oxygen atoms in total. The van der Waals surface area contributed by atoms with Gasteiger partial charge in [-0.25, -0.2) is 4.79 Å². The lowest BCUT2D eigenvalue weighted by molar-refractivity contribution is 0.0696. The molecular formula is C13H13N3O4S. The highest BCUT2D eigenvalue weighted by molar-refractivity contribution is 7.08. The van der Waals surface area contributed by atoms with Crippen molar-refractivity contribution in [2.75, 3.05) is 5.32 Å². The monoisotopic (exact) mass is 307 g/mol. The van der Waals surface area contributed by atoms with Crippen molar-refractivity contribution < 1.29 is 19.8 Å². The number of carboxylic acids is 1. The molecule has 3 N–H and O–H groups in total. The Morgan fingerprint density at radius 3 is 2.67 bits per heavy atom. The molecule has 0 radical (unpaired) electrons. The molecule has 21 heavy (non-hydrogen) atoms. The van der Waals surface area contributed by atoms with Gasteiger partial charge in [-0.3, -0.25) is 4.79 Å². The third-order valence-electron chi connectivity index (χ3n) is 2.76. The van der Waals surface area contributed by atoms with Gasteiger partial charge in [-0.05, 0) is 35.6 Å². The van der Waals surface area contributed by atoms with Crippen LogP contribution in [0.3, 0.4) is 0 Å². The predicted octanol–water partition coefficient (Wildman–Crippen LogP) is 2.32. The normalized spacial score (nSPS) is 10.6. The lowest BCUT2D eigenvalue weighted by Gasteiger charge is -2.08. The summed E-state index contributed by atoms with van der Waals surface area (Å²) in [7, 11) is 0. The van der Waals surface area contributed by atoms with Crippen molar-refractivity contribution in [1.82, 2.24) is 9.59 Å². The SMILES string of the molecule is CC(C)c1nnsc1C(=O)Nc1cc(C(=O)O)ccc1O. The van der Waals surface area contributed by atoms with Crippen molar-refractivity contribution in [2.45, 2.75) is 19.8 Å². The van der Waals surface area contributed by atoms with Crippen molar-refractivity contribution in [3.63, 3.8) is 0 Å². The molecule has 2 rings (SSSR count). The second-order valence-electron chi connectivity index (χ2n) is 4.63. The molecule has 8 heteroatoms. The van der Waals surface area contributed by atoms with Gasteiger partial charge in [0.15, 0.2) is 0 Å². The number of hydrogen-bond donors (Lipinski definition) is 3. The van der Waals surface area contributed by atoms with Gasteiger partial charge < -0.3 is 15.5 Å². The maximum absolute atomic E-state index is 12.2. The summed E-state index contributed by atoms with van der Waals surface area (Å²) >= 11 is 0.950. The van der Waals surface area contributed by atoms with Crippen LogP contribution >= 0.6 is 11.5 Å². The Balaban J connectivity index is 2.29. The minimum absolute atomic E-state index is 0.0306. The molecule has 2 aromatic rings. The van der Waals surface area contributed by atoms with E-state index in [2.05, 4.69) is 14.9 Å². The number of amides is 1. The van der Waals surface area contributed by atoms with E-state index in [-0.39, 0.29) is 22.9 Å². The first-order chi connectivity index (χ1) is 9.90. The third kappa shape index (κ3) is 3.16. The summed E-state index contributed by atoms with van der Waals surface area (Å²) in [5, 5.41) is 25.0. The molecule has 0 unspecified atom stereocenters. The number of phenols is 1. The molecule has 0 aliphatic rings. The number of carboxylic acid groups (broad SMARTS) is 1. The number of aromatic hydroxyl groups is 1. The number of phenolic OH excluding ortho intramolecular Hbond substituents is 1. The lowest BCUT2D eigenvalue weighted by Crippen LogP contribution is -2.13. The molecule has 1 aromatic carbocycles. The van der Waals surface area contributed by atoms with Crippen LogP contribution in [-0.4, -0.2) is 31.7 Å². The molecule has 0 saturated heterocycles. The topological polar surface area (TPSA) is 112 Å². The molecular weight excluding hydrogens is 294 g/mol.